The number of carbonyl (C=O) groups excluding carboxylic acids is 2. The van der Waals surface area contributed by atoms with Gasteiger partial charge in [-0.1, -0.05) is 50.9 Å². The molecule has 2 aromatic carbocycles. The van der Waals surface area contributed by atoms with Crippen LogP contribution >= 0.6 is 31.9 Å². The second kappa shape index (κ2) is 11.8. The van der Waals surface area contributed by atoms with E-state index in [4.69, 9.17) is 0 Å². The van der Waals surface area contributed by atoms with E-state index in [1.165, 1.54) is 4.90 Å². The van der Waals surface area contributed by atoms with Crippen molar-refractivity contribution in [2.45, 2.75) is 32.9 Å². The van der Waals surface area contributed by atoms with Crippen LogP contribution in [-0.2, 0) is 26.2 Å². The summed E-state index contributed by atoms with van der Waals surface area (Å²) in [4.78, 5) is 27.4. The highest BCUT2D eigenvalue weighted by atomic mass is 79.9. The van der Waals surface area contributed by atoms with Crippen LogP contribution in [0, 0.1) is 0 Å². The van der Waals surface area contributed by atoms with E-state index in [1.54, 1.807) is 31.2 Å². The van der Waals surface area contributed by atoms with Gasteiger partial charge in [0.05, 0.1) is 11.9 Å². The van der Waals surface area contributed by atoms with E-state index < -0.39 is 28.5 Å². The molecule has 1 N–H and O–H groups in total. The number of nitrogens with zero attached hydrogens (tertiary/aromatic N) is 2. The highest BCUT2D eigenvalue weighted by Gasteiger charge is 2.30. The summed E-state index contributed by atoms with van der Waals surface area (Å²) in [6, 6.07) is 13.3. The number of halogens is 2. The molecule has 0 aliphatic rings. The summed E-state index contributed by atoms with van der Waals surface area (Å²) in [7, 11) is -3.74. The molecule has 0 spiro atoms. The third-order valence-electron chi connectivity index (χ3n) is 4.75. The Hall–Kier alpha value is -1.91. The molecule has 0 heterocycles. The van der Waals surface area contributed by atoms with E-state index >= 15 is 0 Å². The van der Waals surface area contributed by atoms with Crippen molar-refractivity contribution in [3.05, 3.63) is 63.0 Å². The van der Waals surface area contributed by atoms with Gasteiger partial charge in [0, 0.05) is 22.0 Å². The fourth-order valence-corrected chi connectivity index (χ4v) is 4.59. The van der Waals surface area contributed by atoms with Gasteiger partial charge in [-0.25, -0.2) is 8.42 Å². The van der Waals surface area contributed by atoms with E-state index in [2.05, 4.69) is 37.2 Å². The maximum Gasteiger partial charge on any atom is 0.244 e. The number of hydrogen-bond donors (Lipinski definition) is 1. The van der Waals surface area contributed by atoms with Gasteiger partial charge in [0.1, 0.15) is 12.6 Å². The normalized spacial score (nSPS) is 12.2. The van der Waals surface area contributed by atoms with Crippen molar-refractivity contribution in [1.82, 2.24) is 10.2 Å². The first-order chi connectivity index (χ1) is 15.0. The number of amides is 2. The third kappa shape index (κ3) is 7.60. The molecule has 32 heavy (non-hydrogen) atoms. The molecule has 0 saturated carbocycles. The fraction of sp³-hybridized carbons (Fsp3) is 0.364. The van der Waals surface area contributed by atoms with Gasteiger partial charge >= 0.3 is 0 Å². The molecular formula is C22H27Br2N3O4S. The first kappa shape index (κ1) is 26.3. The summed E-state index contributed by atoms with van der Waals surface area (Å²) in [5.41, 5.74) is 1.19. The molecule has 0 unspecified atom stereocenters. The average Bonchev–Trinajstić information content (AvgIpc) is 2.73. The van der Waals surface area contributed by atoms with Gasteiger partial charge < -0.3 is 10.2 Å². The number of sulfonamides is 1. The molecule has 2 amide bonds. The van der Waals surface area contributed by atoms with Crippen LogP contribution in [0.4, 0.5) is 5.69 Å². The zero-order chi connectivity index (χ0) is 23.9. The Morgan fingerprint density at radius 3 is 2.28 bits per heavy atom. The molecule has 2 aromatic rings. The van der Waals surface area contributed by atoms with Crippen LogP contribution in [0.2, 0.25) is 0 Å². The Labute approximate surface area is 206 Å². The lowest BCUT2D eigenvalue weighted by Gasteiger charge is -2.31. The summed E-state index contributed by atoms with van der Waals surface area (Å²) < 4.78 is 27.6. The standard InChI is InChI=1S/C22H27Br2N3O4S/c1-4-12-25-22(29)16(2)26(14-17-6-5-7-19(24)13-17)21(28)15-27(32(3,30)31)20-10-8-18(23)9-11-20/h5-11,13,16H,4,12,14-15H2,1-3H3,(H,25,29)/t16-/m0/s1. The van der Waals surface area contributed by atoms with Crippen LogP contribution in [0.3, 0.4) is 0 Å². The molecule has 0 bridgehead atoms. The quantitative estimate of drug-likeness (QED) is 0.456. The Bertz CT molecular complexity index is 1050. The first-order valence-electron chi connectivity index (χ1n) is 10.1. The lowest BCUT2D eigenvalue weighted by atomic mass is 10.1. The van der Waals surface area contributed by atoms with Gasteiger partial charge in [-0.2, -0.15) is 0 Å². The van der Waals surface area contributed by atoms with Crippen molar-refractivity contribution in [3.8, 4) is 0 Å². The van der Waals surface area contributed by atoms with Crippen molar-refractivity contribution in [2.75, 3.05) is 23.7 Å². The monoisotopic (exact) mass is 587 g/mol. The molecular weight excluding hydrogens is 562 g/mol. The molecule has 0 radical (unpaired) electrons. The summed E-state index contributed by atoms with van der Waals surface area (Å²) >= 11 is 6.74. The predicted molar refractivity (Wildman–Crippen MR) is 134 cm³/mol. The molecule has 0 fully saturated rings. The minimum absolute atomic E-state index is 0.164. The number of benzene rings is 2. The minimum atomic E-state index is -3.74. The zero-order valence-corrected chi connectivity index (χ0v) is 22.2. The van der Waals surface area contributed by atoms with Crippen molar-refractivity contribution in [3.63, 3.8) is 0 Å². The molecule has 0 aliphatic carbocycles. The van der Waals surface area contributed by atoms with Gasteiger partial charge in [0.25, 0.3) is 0 Å². The first-order valence-corrected chi connectivity index (χ1v) is 13.5. The fourth-order valence-electron chi connectivity index (χ4n) is 3.03. The lowest BCUT2D eigenvalue weighted by Crippen LogP contribution is -2.51. The Morgan fingerprint density at radius 1 is 1.06 bits per heavy atom. The van der Waals surface area contributed by atoms with Crippen molar-refractivity contribution in [2.24, 2.45) is 0 Å². The maximum absolute atomic E-state index is 13.4. The summed E-state index contributed by atoms with van der Waals surface area (Å²) in [6.07, 6.45) is 1.82. The van der Waals surface area contributed by atoms with E-state index in [9.17, 15) is 18.0 Å². The van der Waals surface area contributed by atoms with Gasteiger partial charge in [-0.05, 0) is 55.3 Å². The van der Waals surface area contributed by atoms with Gasteiger partial charge in [-0.15, -0.1) is 0 Å². The van der Waals surface area contributed by atoms with Gasteiger partial charge in [0.15, 0.2) is 0 Å². The number of rotatable bonds is 10. The van der Waals surface area contributed by atoms with Crippen molar-refractivity contribution in [1.29, 1.82) is 0 Å². The second-order valence-corrected chi connectivity index (χ2v) is 11.1. The van der Waals surface area contributed by atoms with Crippen LogP contribution in [0.5, 0.6) is 0 Å². The molecule has 10 heteroatoms. The number of hydrogen-bond acceptors (Lipinski definition) is 4. The molecule has 0 aliphatic heterocycles. The van der Waals surface area contributed by atoms with E-state index in [0.717, 1.165) is 31.5 Å². The van der Waals surface area contributed by atoms with Crippen LogP contribution in [0.25, 0.3) is 0 Å². The van der Waals surface area contributed by atoms with Crippen molar-refractivity contribution >= 4 is 59.4 Å². The molecule has 7 nitrogen and oxygen atoms in total. The van der Waals surface area contributed by atoms with Gasteiger partial charge in [0.2, 0.25) is 21.8 Å². The topological polar surface area (TPSA) is 86.8 Å². The largest absolute Gasteiger partial charge is 0.354 e. The predicted octanol–water partition coefficient (Wildman–Crippen LogP) is 3.92. The number of carbonyl (C=O) groups is 2. The summed E-state index contributed by atoms with van der Waals surface area (Å²) in [5, 5.41) is 2.81. The molecule has 174 valence electrons. The molecule has 0 aromatic heterocycles. The van der Waals surface area contributed by atoms with E-state index in [0.29, 0.717) is 12.2 Å². The van der Waals surface area contributed by atoms with Crippen LogP contribution in [0.1, 0.15) is 25.8 Å². The SMILES string of the molecule is CCCNC(=O)[C@H](C)N(Cc1cccc(Br)c1)C(=O)CN(c1ccc(Br)cc1)S(C)(=O)=O. The Morgan fingerprint density at radius 2 is 1.72 bits per heavy atom. The molecule has 2 rings (SSSR count). The van der Waals surface area contributed by atoms with Gasteiger partial charge in [-0.3, -0.25) is 13.9 Å². The highest BCUT2D eigenvalue weighted by molar-refractivity contribution is 9.10. The Kier molecular flexibility index (Phi) is 9.72. The Balaban J connectivity index is 2.35. The zero-order valence-electron chi connectivity index (χ0n) is 18.2. The van der Waals surface area contributed by atoms with E-state index in [1.807, 2.05) is 31.2 Å². The van der Waals surface area contributed by atoms with Crippen LogP contribution < -0.4 is 9.62 Å². The average molecular weight is 589 g/mol. The molecule has 1 atom stereocenters. The lowest BCUT2D eigenvalue weighted by molar-refractivity contribution is -0.139. The summed E-state index contributed by atoms with van der Waals surface area (Å²) in [5.74, 6) is -0.762. The van der Waals surface area contributed by atoms with Crippen LogP contribution in [0.15, 0.2) is 57.5 Å². The smallest absolute Gasteiger partial charge is 0.244 e. The maximum atomic E-state index is 13.4. The number of anilines is 1. The molecule has 0 saturated heterocycles. The highest BCUT2D eigenvalue weighted by Crippen LogP contribution is 2.22. The number of nitrogens with one attached hydrogen (secondary N) is 1. The van der Waals surface area contributed by atoms with Crippen molar-refractivity contribution < 1.29 is 18.0 Å². The van der Waals surface area contributed by atoms with Crippen LogP contribution in [-0.4, -0.2) is 50.5 Å². The minimum Gasteiger partial charge on any atom is -0.354 e. The third-order valence-corrected chi connectivity index (χ3v) is 6.91. The van der Waals surface area contributed by atoms with E-state index in [-0.39, 0.29) is 12.5 Å². The summed E-state index contributed by atoms with van der Waals surface area (Å²) in [6.45, 7) is 3.83. The second-order valence-electron chi connectivity index (χ2n) is 7.36.